The van der Waals surface area contributed by atoms with E-state index in [1.165, 1.54) is 0 Å². The number of aryl methyl sites for hydroxylation is 1. The summed E-state index contributed by atoms with van der Waals surface area (Å²) in [7, 11) is 1.92. The summed E-state index contributed by atoms with van der Waals surface area (Å²) in [6.07, 6.45) is 10.5. The van der Waals surface area contributed by atoms with Crippen LogP contribution in [0.2, 0.25) is 0 Å². The molecule has 1 spiro atoms. The van der Waals surface area contributed by atoms with Crippen LogP contribution in [0.15, 0.2) is 42.9 Å². The molecule has 4 heterocycles. The van der Waals surface area contributed by atoms with Crippen molar-refractivity contribution >= 4 is 5.91 Å². The number of rotatable bonds is 5. The molecule has 2 aliphatic heterocycles. The zero-order chi connectivity index (χ0) is 19.4. The van der Waals surface area contributed by atoms with E-state index in [0.29, 0.717) is 12.5 Å². The Hall–Kier alpha value is -2.34. The first-order valence-corrected chi connectivity index (χ1v) is 10.2. The number of aromatic nitrogens is 2. The van der Waals surface area contributed by atoms with Crippen LogP contribution in [-0.4, -0.2) is 52.3 Å². The molecule has 150 valence electrons. The van der Waals surface area contributed by atoms with Gasteiger partial charge in [-0.1, -0.05) is 0 Å². The number of hydrogen-bond acceptors (Lipinski definition) is 4. The predicted molar refractivity (Wildman–Crippen MR) is 106 cm³/mol. The van der Waals surface area contributed by atoms with Gasteiger partial charge in [0.05, 0.1) is 18.4 Å². The third-order valence-corrected chi connectivity index (χ3v) is 6.15. The van der Waals surface area contributed by atoms with Gasteiger partial charge < -0.3 is 18.9 Å². The summed E-state index contributed by atoms with van der Waals surface area (Å²) in [5, 5.41) is 0. The van der Waals surface area contributed by atoms with E-state index in [1.54, 1.807) is 12.4 Å². The molecular formula is C22H29N3O3. The number of piperidine rings is 1. The van der Waals surface area contributed by atoms with Gasteiger partial charge in [-0.15, -0.1) is 0 Å². The van der Waals surface area contributed by atoms with Crippen LogP contribution in [0.1, 0.15) is 42.6 Å². The number of ether oxygens (including phenoxy) is 2. The molecule has 1 atom stereocenters. The van der Waals surface area contributed by atoms with Crippen LogP contribution in [0.3, 0.4) is 0 Å². The molecule has 4 rings (SSSR count). The Morgan fingerprint density at radius 1 is 1.32 bits per heavy atom. The van der Waals surface area contributed by atoms with Gasteiger partial charge in [-0.25, -0.2) is 0 Å². The number of likely N-dealkylation sites (tertiary alicyclic amines) is 1. The quantitative estimate of drug-likeness (QED) is 0.795. The number of hydrogen-bond donors (Lipinski definition) is 0. The molecule has 0 aliphatic carbocycles. The predicted octanol–water partition coefficient (Wildman–Crippen LogP) is 3.29. The molecule has 2 aromatic rings. The molecule has 28 heavy (non-hydrogen) atoms. The number of carbonyl (C=O) groups excluding carboxylic acids is 1. The molecule has 6 nitrogen and oxygen atoms in total. The lowest BCUT2D eigenvalue weighted by atomic mass is 9.78. The smallest absolute Gasteiger partial charge is 0.270 e. The van der Waals surface area contributed by atoms with Crippen LogP contribution in [0.25, 0.3) is 0 Å². The van der Waals surface area contributed by atoms with Crippen molar-refractivity contribution in [3.05, 3.63) is 48.5 Å². The largest absolute Gasteiger partial charge is 0.492 e. The summed E-state index contributed by atoms with van der Waals surface area (Å²) in [5.74, 6) is 1.57. The highest BCUT2D eigenvalue weighted by Gasteiger charge is 2.41. The van der Waals surface area contributed by atoms with Gasteiger partial charge in [0, 0.05) is 39.1 Å². The number of amides is 1. The lowest BCUT2D eigenvalue weighted by Gasteiger charge is -2.46. The minimum absolute atomic E-state index is 0.0673. The third-order valence-electron chi connectivity index (χ3n) is 6.15. The highest BCUT2D eigenvalue weighted by molar-refractivity contribution is 5.92. The number of pyridine rings is 1. The molecule has 0 bridgehead atoms. The van der Waals surface area contributed by atoms with Crippen LogP contribution in [0.5, 0.6) is 5.75 Å². The van der Waals surface area contributed by atoms with Gasteiger partial charge in [0.15, 0.2) is 0 Å². The molecule has 2 aliphatic rings. The van der Waals surface area contributed by atoms with E-state index < -0.39 is 0 Å². The maximum absolute atomic E-state index is 12.7. The zero-order valence-corrected chi connectivity index (χ0v) is 16.5. The Kier molecular flexibility index (Phi) is 5.67. The highest BCUT2D eigenvalue weighted by atomic mass is 16.5. The second-order valence-corrected chi connectivity index (χ2v) is 8.01. The van der Waals surface area contributed by atoms with Crippen molar-refractivity contribution in [1.82, 2.24) is 14.5 Å². The highest BCUT2D eigenvalue weighted by Crippen LogP contribution is 2.39. The molecule has 2 fully saturated rings. The van der Waals surface area contributed by atoms with Crippen LogP contribution >= 0.6 is 0 Å². The Bertz CT molecular complexity index is 781. The van der Waals surface area contributed by atoms with Crippen molar-refractivity contribution in [3.63, 3.8) is 0 Å². The summed E-state index contributed by atoms with van der Waals surface area (Å²) in [4.78, 5) is 18.8. The topological polar surface area (TPSA) is 56.6 Å². The summed E-state index contributed by atoms with van der Waals surface area (Å²) in [6.45, 7) is 3.06. The minimum atomic E-state index is -0.0673. The maximum atomic E-state index is 12.7. The summed E-state index contributed by atoms with van der Waals surface area (Å²) < 4.78 is 14.0. The van der Waals surface area contributed by atoms with Crippen LogP contribution in [0.4, 0.5) is 0 Å². The van der Waals surface area contributed by atoms with Crippen molar-refractivity contribution in [2.75, 3.05) is 26.3 Å². The van der Waals surface area contributed by atoms with Crippen LogP contribution in [-0.2, 0) is 11.8 Å². The Morgan fingerprint density at radius 2 is 2.18 bits per heavy atom. The van der Waals surface area contributed by atoms with E-state index in [4.69, 9.17) is 9.47 Å². The first-order valence-electron chi connectivity index (χ1n) is 10.2. The SMILES string of the molecule is Cn1cccc1C(=O)N1CCC2(CC1)CC(CCOc1cccnc1)CCO2. The summed E-state index contributed by atoms with van der Waals surface area (Å²) in [6, 6.07) is 7.64. The fraction of sp³-hybridized carbons (Fsp3) is 0.545. The van der Waals surface area contributed by atoms with Gasteiger partial charge >= 0.3 is 0 Å². The molecule has 2 aromatic heterocycles. The van der Waals surface area contributed by atoms with E-state index in [1.807, 2.05) is 47.0 Å². The fourth-order valence-electron chi connectivity index (χ4n) is 4.46. The normalized spacial score (nSPS) is 21.6. The summed E-state index contributed by atoms with van der Waals surface area (Å²) >= 11 is 0. The molecule has 0 saturated carbocycles. The molecular weight excluding hydrogens is 354 g/mol. The molecule has 0 radical (unpaired) electrons. The average Bonchev–Trinajstić information content (AvgIpc) is 3.15. The van der Waals surface area contributed by atoms with Gasteiger partial charge in [0.1, 0.15) is 11.4 Å². The number of carbonyl (C=O) groups is 1. The van der Waals surface area contributed by atoms with E-state index in [-0.39, 0.29) is 11.5 Å². The maximum Gasteiger partial charge on any atom is 0.270 e. The molecule has 2 saturated heterocycles. The molecule has 6 heteroatoms. The minimum Gasteiger partial charge on any atom is -0.492 e. The molecule has 0 N–H and O–H groups in total. The van der Waals surface area contributed by atoms with Crippen molar-refractivity contribution in [3.8, 4) is 5.75 Å². The Balaban J connectivity index is 1.27. The molecule has 0 aromatic carbocycles. The van der Waals surface area contributed by atoms with E-state index in [9.17, 15) is 4.79 Å². The van der Waals surface area contributed by atoms with Crippen LogP contribution in [0, 0.1) is 5.92 Å². The second kappa shape index (κ2) is 8.35. The molecule has 1 amide bonds. The first-order chi connectivity index (χ1) is 13.7. The van der Waals surface area contributed by atoms with Gasteiger partial charge in [0.25, 0.3) is 5.91 Å². The van der Waals surface area contributed by atoms with Crippen LogP contribution < -0.4 is 4.74 Å². The average molecular weight is 383 g/mol. The monoisotopic (exact) mass is 383 g/mol. The van der Waals surface area contributed by atoms with Crippen molar-refractivity contribution in [1.29, 1.82) is 0 Å². The lowest BCUT2D eigenvalue weighted by molar-refractivity contribution is -0.125. The van der Waals surface area contributed by atoms with E-state index in [2.05, 4.69) is 4.98 Å². The van der Waals surface area contributed by atoms with Crippen molar-refractivity contribution in [2.24, 2.45) is 13.0 Å². The van der Waals surface area contributed by atoms with Gasteiger partial charge in [0.2, 0.25) is 0 Å². The van der Waals surface area contributed by atoms with Gasteiger partial charge in [-0.2, -0.15) is 0 Å². The molecule has 1 unspecified atom stereocenters. The van der Waals surface area contributed by atoms with Gasteiger partial charge in [-0.05, 0) is 62.3 Å². The Morgan fingerprint density at radius 3 is 2.89 bits per heavy atom. The lowest BCUT2D eigenvalue weighted by Crippen LogP contribution is -2.51. The van der Waals surface area contributed by atoms with Gasteiger partial charge in [-0.3, -0.25) is 9.78 Å². The second-order valence-electron chi connectivity index (χ2n) is 8.01. The standard InChI is InChI=1S/C22H29N3O3/c1-24-11-3-5-20(24)21(26)25-12-8-22(9-13-25)16-18(7-15-28-22)6-14-27-19-4-2-10-23-17-19/h2-5,10-11,17-18H,6-9,12-16H2,1H3. The Labute approximate surface area is 166 Å². The summed E-state index contributed by atoms with van der Waals surface area (Å²) in [5.41, 5.74) is 0.688. The van der Waals surface area contributed by atoms with Crippen molar-refractivity contribution in [2.45, 2.75) is 37.7 Å². The first kappa shape index (κ1) is 19.0. The van der Waals surface area contributed by atoms with Crippen molar-refractivity contribution < 1.29 is 14.3 Å². The zero-order valence-electron chi connectivity index (χ0n) is 16.5. The fourth-order valence-corrected chi connectivity index (χ4v) is 4.46. The third kappa shape index (κ3) is 4.22. The van der Waals surface area contributed by atoms with E-state index in [0.717, 1.165) is 63.2 Å². The van der Waals surface area contributed by atoms with E-state index >= 15 is 0 Å². The number of nitrogens with zero attached hydrogens (tertiary/aromatic N) is 3.